The van der Waals surface area contributed by atoms with Crippen LogP contribution < -0.4 is 15.2 Å². The van der Waals surface area contributed by atoms with Gasteiger partial charge >= 0.3 is 0 Å². The maximum absolute atomic E-state index is 10.7. The Bertz CT molecular complexity index is 1280. The van der Waals surface area contributed by atoms with Crippen molar-refractivity contribution >= 4 is 16.9 Å². The largest absolute Gasteiger partial charge is 0.494 e. The Kier molecular flexibility index (Phi) is 4.48. The van der Waals surface area contributed by atoms with Crippen molar-refractivity contribution in [3.63, 3.8) is 0 Å². The van der Waals surface area contributed by atoms with Gasteiger partial charge in [0.1, 0.15) is 17.8 Å². The van der Waals surface area contributed by atoms with E-state index in [9.17, 15) is 10.3 Å². The van der Waals surface area contributed by atoms with Crippen molar-refractivity contribution in [3.05, 3.63) is 60.2 Å². The van der Waals surface area contributed by atoms with E-state index in [0.717, 1.165) is 22.1 Å². The zero-order valence-electron chi connectivity index (χ0n) is 17.1. The minimum Gasteiger partial charge on any atom is -0.494 e. The summed E-state index contributed by atoms with van der Waals surface area (Å²) >= 11 is 0. The van der Waals surface area contributed by atoms with Gasteiger partial charge in [0.2, 0.25) is 5.95 Å². The minimum atomic E-state index is -0.962. The van der Waals surface area contributed by atoms with Crippen LogP contribution >= 0.6 is 0 Å². The van der Waals surface area contributed by atoms with Crippen LogP contribution in [-0.2, 0) is 12.1 Å². The molecule has 1 fully saturated rings. The molecule has 31 heavy (non-hydrogen) atoms. The summed E-state index contributed by atoms with van der Waals surface area (Å²) in [7, 11) is 1.59. The number of nitrogens with zero attached hydrogens (tertiary/aromatic N) is 5. The molecule has 0 unspecified atom stereocenters. The third-order valence-electron chi connectivity index (χ3n) is 5.86. The number of fused-ring (bicyclic) bond motifs is 1. The third kappa shape index (κ3) is 3.23. The molecule has 0 atom stereocenters. The van der Waals surface area contributed by atoms with Crippen LogP contribution in [0.15, 0.2) is 48.8 Å². The monoisotopic (exact) mass is 419 g/mol. The highest BCUT2D eigenvalue weighted by Crippen LogP contribution is 2.39. The molecule has 4 N–H and O–H groups in total. The summed E-state index contributed by atoms with van der Waals surface area (Å²) < 4.78 is 8.18. The van der Waals surface area contributed by atoms with E-state index < -0.39 is 5.60 Å². The lowest BCUT2D eigenvalue weighted by Crippen LogP contribution is -2.50. The molecule has 0 radical (unpaired) electrons. The lowest BCUT2D eigenvalue weighted by Gasteiger charge is -2.32. The number of nitrogens with two attached hydrogens (primary N) is 1. The van der Waals surface area contributed by atoms with Crippen LogP contribution in [0.2, 0.25) is 0 Å². The molecule has 3 heterocycles. The summed E-state index contributed by atoms with van der Waals surface area (Å²) in [6.07, 6.45) is 5.78. The van der Waals surface area contributed by atoms with Crippen LogP contribution in [0.25, 0.3) is 22.2 Å². The number of rotatable bonds is 5. The van der Waals surface area contributed by atoms with Gasteiger partial charge in [0, 0.05) is 34.0 Å². The van der Waals surface area contributed by atoms with Crippen LogP contribution in [0.4, 0.5) is 5.95 Å². The number of hydrogen-bond acceptors (Lipinski definition) is 7. The standard InChI is InChI=1S/C22H23N6O3/c1-31-17-7-3-6-16-19(25-21(23)26-20(16)17)14-11-24-27(12-14)13-15-5-2-8-18(28(15)30)22(29)9-4-10-22/h2-3,5-8,11-12,29-30H,4,9-10,13H2,1H3,(H2,23,25,26)/q+1. The molecule has 9 nitrogen and oxygen atoms in total. The summed E-state index contributed by atoms with van der Waals surface area (Å²) in [5.41, 5.74) is 8.16. The second-order valence-electron chi connectivity index (χ2n) is 7.81. The molecule has 5 rings (SSSR count). The highest BCUT2D eigenvalue weighted by Gasteiger charge is 2.44. The fourth-order valence-corrected chi connectivity index (χ4v) is 4.05. The third-order valence-corrected chi connectivity index (χ3v) is 5.86. The number of ether oxygens (including phenoxy) is 1. The lowest BCUT2D eigenvalue weighted by atomic mass is 9.77. The maximum atomic E-state index is 10.7. The van der Waals surface area contributed by atoms with Gasteiger partial charge in [-0.05, 0) is 31.4 Å². The van der Waals surface area contributed by atoms with Gasteiger partial charge in [-0.3, -0.25) is 9.89 Å². The van der Waals surface area contributed by atoms with Crippen LogP contribution in [0.1, 0.15) is 30.7 Å². The molecule has 158 valence electrons. The highest BCUT2D eigenvalue weighted by atomic mass is 16.5. The molecule has 3 aromatic heterocycles. The number of anilines is 1. The van der Waals surface area contributed by atoms with Crippen LogP contribution in [-0.4, -0.2) is 37.2 Å². The number of methoxy groups -OCH3 is 1. The number of pyridine rings is 1. The molecule has 9 heteroatoms. The van der Waals surface area contributed by atoms with E-state index in [1.165, 1.54) is 0 Å². The van der Waals surface area contributed by atoms with E-state index >= 15 is 0 Å². The first kappa shape index (κ1) is 19.3. The minimum absolute atomic E-state index is 0.148. The summed E-state index contributed by atoms with van der Waals surface area (Å²) in [6, 6.07) is 11.0. The SMILES string of the molecule is COc1cccc2c(-c3cnn(Cc4cccc(C5(O)CCC5)[n+]4O)c3)nc(N)nc12. The average molecular weight is 419 g/mol. The molecular formula is C22H23N6O3+. The van der Waals surface area contributed by atoms with Crippen molar-refractivity contribution in [1.82, 2.24) is 19.7 Å². The van der Waals surface area contributed by atoms with E-state index in [0.29, 0.717) is 47.7 Å². The van der Waals surface area contributed by atoms with Crippen molar-refractivity contribution in [3.8, 4) is 17.0 Å². The zero-order valence-corrected chi connectivity index (χ0v) is 17.1. The quantitative estimate of drug-likeness (QED) is 0.334. The molecule has 1 aliphatic carbocycles. The normalized spacial score (nSPS) is 15.0. The predicted octanol–water partition coefficient (Wildman–Crippen LogP) is 2.03. The Morgan fingerprint density at radius 1 is 1.19 bits per heavy atom. The summed E-state index contributed by atoms with van der Waals surface area (Å²) in [4.78, 5) is 8.74. The Morgan fingerprint density at radius 2 is 2.00 bits per heavy atom. The Labute approximate surface area is 178 Å². The molecule has 0 spiro atoms. The van der Waals surface area contributed by atoms with Crippen molar-refractivity contribution in [2.75, 3.05) is 12.8 Å². The molecular weight excluding hydrogens is 396 g/mol. The van der Waals surface area contributed by atoms with Crippen LogP contribution in [0.3, 0.4) is 0 Å². The zero-order chi connectivity index (χ0) is 21.6. The molecule has 1 aromatic carbocycles. The van der Waals surface area contributed by atoms with Gasteiger partial charge < -0.3 is 15.6 Å². The topological polar surface area (TPSA) is 123 Å². The number of para-hydroxylation sites is 1. The molecule has 0 amide bonds. The van der Waals surface area contributed by atoms with Gasteiger partial charge in [0.05, 0.1) is 19.0 Å². The van der Waals surface area contributed by atoms with Crippen molar-refractivity contribution in [2.24, 2.45) is 0 Å². The number of aromatic nitrogens is 5. The Hall–Kier alpha value is -3.72. The average Bonchev–Trinajstić information content (AvgIpc) is 3.21. The fourth-order valence-electron chi connectivity index (χ4n) is 4.05. The molecule has 0 bridgehead atoms. The number of hydrogen-bond donors (Lipinski definition) is 3. The smallest absolute Gasteiger partial charge is 0.265 e. The maximum Gasteiger partial charge on any atom is 0.265 e. The lowest BCUT2D eigenvalue weighted by molar-refractivity contribution is -0.918. The first-order chi connectivity index (χ1) is 15.0. The van der Waals surface area contributed by atoms with Crippen molar-refractivity contribution in [1.29, 1.82) is 0 Å². The van der Waals surface area contributed by atoms with E-state index in [4.69, 9.17) is 10.5 Å². The Balaban J connectivity index is 1.50. The molecule has 0 aliphatic heterocycles. The second-order valence-corrected chi connectivity index (χ2v) is 7.81. The first-order valence-electron chi connectivity index (χ1n) is 10.1. The molecule has 0 saturated heterocycles. The van der Waals surface area contributed by atoms with E-state index in [1.807, 2.05) is 30.5 Å². The van der Waals surface area contributed by atoms with Gasteiger partial charge in [-0.2, -0.15) is 5.10 Å². The fraction of sp³-hybridized carbons (Fsp3) is 0.273. The molecule has 1 saturated carbocycles. The van der Waals surface area contributed by atoms with Gasteiger partial charge in [0.25, 0.3) is 11.4 Å². The molecule has 4 aromatic rings. The van der Waals surface area contributed by atoms with E-state index in [1.54, 1.807) is 30.1 Å². The second kappa shape index (κ2) is 7.21. The van der Waals surface area contributed by atoms with Crippen LogP contribution in [0.5, 0.6) is 5.75 Å². The summed E-state index contributed by atoms with van der Waals surface area (Å²) in [5.74, 6) is 0.765. The number of aliphatic hydroxyl groups is 1. The van der Waals surface area contributed by atoms with E-state index in [-0.39, 0.29) is 5.95 Å². The van der Waals surface area contributed by atoms with E-state index in [2.05, 4.69) is 15.1 Å². The van der Waals surface area contributed by atoms with Gasteiger partial charge in [0.15, 0.2) is 5.60 Å². The Morgan fingerprint density at radius 3 is 2.74 bits per heavy atom. The summed E-state index contributed by atoms with van der Waals surface area (Å²) in [6.45, 7) is 0.322. The molecule has 1 aliphatic rings. The van der Waals surface area contributed by atoms with Gasteiger partial charge in [-0.1, -0.05) is 12.1 Å². The van der Waals surface area contributed by atoms with Gasteiger partial charge in [-0.15, -0.1) is 0 Å². The van der Waals surface area contributed by atoms with Crippen molar-refractivity contribution in [2.45, 2.75) is 31.4 Å². The van der Waals surface area contributed by atoms with Crippen LogP contribution in [0, 0.1) is 0 Å². The number of benzene rings is 1. The number of nitrogen functional groups attached to an aromatic ring is 1. The highest BCUT2D eigenvalue weighted by molar-refractivity contribution is 5.96. The predicted molar refractivity (Wildman–Crippen MR) is 112 cm³/mol. The van der Waals surface area contributed by atoms with Gasteiger partial charge in [-0.25, -0.2) is 9.97 Å². The first-order valence-corrected chi connectivity index (χ1v) is 10.1. The van der Waals surface area contributed by atoms with Crippen molar-refractivity contribution < 1.29 is 19.8 Å². The summed E-state index contributed by atoms with van der Waals surface area (Å²) in [5, 5.41) is 26.5.